The van der Waals surface area contributed by atoms with Crippen LogP contribution in [0.25, 0.3) is 0 Å². The monoisotopic (exact) mass is 710 g/mol. The van der Waals surface area contributed by atoms with Crippen molar-refractivity contribution in [3.05, 3.63) is 83.9 Å². The van der Waals surface area contributed by atoms with Gasteiger partial charge in [0.25, 0.3) is 0 Å². The molecule has 0 spiro atoms. The summed E-state index contributed by atoms with van der Waals surface area (Å²) >= 11 is 0. The average Bonchev–Trinajstić information content (AvgIpc) is 3.98. The molecule has 1 saturated carbocycles. The molecule has 3 fully saturated rings. The number of aromatic nitrogens is 2. The maximum Gasteiger partial charge on any atom is 0.247 e. The van der Waals surface area contributed by atoms with E-state index in [1.54, 1.807) is 26.0 Å². The first-order chi connectivity index (χ1) is 24.6. The summed E-state index contributed by atoms with van der Waals surface area (Å²) < 4.78 is 19.0. The molecule has 0 atom stereocenters. The topological polar surface area (TPSA) is 99.7 Å². The van der Waals surface area contributed by atoms with Gasteiger partial charge in [-0.05, 0) is 126 Å². The Morgan fingerprint density at radius 2 is 1.82 bits per heavy atom. The van der Waals surface area contributed by atoms with Gasteiger partial charge < -0.3 is 29.7 Å². The van der Waals surface area contributed by atoms with Crippen LogP contribution in [-0.2, 0) is 22.2 Å². The minimum atomic E-state index is -2.48. The Labute approximate surface area is 304 Å². The number of allylic oxidation sites excluding steroid dienone is 1. The molecule has 2 saturated heterocycles. The molecule has 0 radical (unpaired) electrons. The van der Waals surface area contributed by atoms with Crippen molar-refractivity contribution in [2.24, 2.45) is 5.92 Å². The standard InChI is InChI=1S/C41H55N6O3P/c1-6-40(48)43-35-26-32(37(50-3)27-36(35)47-23-19-30(20-24-47)25-29-11-10-21-46(2)22-18-29)12-9-15-39-42-28-33(31-16-17-31)41(45-39)44-34-13-7-8-14-38(34)51(4,5)49/h6-8,13-14,25-28,30-31H,1,9-12,15-24H2,2-5H3,(H,43,48)(H,42,44,45)/b29-25-. The van der Waals surface area contributed by atoms with Gasteiger partial charge in [-0.15, -0.1) is 0 Å². The fraction of sp³-hybridized carbons (Fsp3) is 0.488. The first-order valence-electron chi connectivity index (χ1n) is 18.7. The van der Waals surface area contributed by atoms with Crippen LogP contribution in [0.2, 0.25) is 0 Å². The summed E-state index contributed by atoms with van der Waals surface area (Å²) in [5, 5.41) is 7.45. The Hall–Kier alpha value is -3.94. The molecular formula is C41H55N6O3P. The molecule has 2 N–H and O–H groups in total. The zero-order valence-corrected chi connectivity index (χ0v) is 31.8. The van der Waals surface area contributed by atoms with E-state index in [1.807, 2.05) is 30.5 Å². The normalized spacial score (nSPS) is 18.4. The fourth-order valence-corrected chi connectivity index (χ4v) is 8.61. The maximum atomic E-state index is 13.0. The van der Waals surface area contributed by atoms with E-state index in [2.05, 4.69) is 52.3 Å². The van der Waals surface area contributed by atoms with E-state index >= 15 is 0 Å². The highest BCUT2D eigenvalue weighted by Crippen LogP contribution is 2.44. The van der Waals surface area contributed by atoms with Gasteiger partial charge >= 0.3 is 0 Å². The number of ether oxygens (including phenoxy) is 1. The smallest absolute Gasteiger partial charge is 0.247 e. The highest BCUT2D eigenvalue weighted by atomic mass is 31.2. The minimum absolute atomic E-state index is 0.224. The van der Waals surface area contributed by atoms with Crippen LogP contribution in [0.4, 0.5) is 22.9 Å². The van der Waals surface area contributed by atoms with Crippen LogP contribution >= 0.6 is 7.14 Å². The summed E-state index contributed by atoms with van der Waals surface area (Å²) in [7, 11) is 1.45. The van der Waals surface area contributed by atoms with Crippen molar-refractivity contribution in [1.82, 2.24) is 14.9 Å². The third-order valence-electron chi connectivity index (χ3n) is 10.5. The lowest BCUT2D eigenvalue weighted by molar-refractivity contribution is -0.111. The number of hydrogen-bond acceptors (Lipinski definition) is 8. The quantitative estimate of drug-likeness (QED) is 0.105. The molecule has 6 rings (SSSR count). The van der Waals surface area contributed by atoms with Gasteiger partial charge in [-0.25, -0.2) is 9.97 Å². The largest absolute Gasteiger partial charge is 0.496 e. The maximum absolute atomic E-state index is 13.0. The number of para-hydroxylation sites is 1. The molecule has 0 bridgehead atoms. The second-order valence-corrected chi connectivity index (χ2v) is 18.1. The number of carbonyl (C=O) groups is 1. The van der Waals surface area contributed by atoms with Crippen LogP contribution in [0.15, 0.2) is 66.9 Å². The molecule has 272 valence electrons. The van der Waals surface area contributed by atoms with E-state index in [9.17, 15) is 9.36 Å². The summed E-state index contributed by atoms with van der Waals surface area (Å²) in [6.07, 6.45) is 16.2. The lowest BCUT2D eigenvalue weighted by Gasteiger charge is -2.34. The summed E-state index contributed by atoms with van der Waals surface area (Å²) in [5.74, 6) is 3.22. The number of rotatable bonds is 13. The molecule has 10 heteroatoms. The van der Waals surface area contributed by atoms with Gasteiger partial charge in [0.2, 0.25) is 5.91 Å². The molecule has 3 aliphatic rings. The molecule has 3 heterocycles. The van der Waals surface area contributed by atoms with Crippen molar-refractivity contribution >= 4 is 41.2 Å². The Bertz CT molecular complexity index is 1790. The van der Waals surface area contributed by atoms with Crippen molar-refractivity contribution in [3.63, 3.8) is 0 Å². The second kappa shape index (κ2) is 16.6. The van der Waals surface area contributed by atoms with Crippen molar-refractivity contribution in [3.8, 4) is 5.75 Å². The number of anilines is 4. The fourth-order valence-electron chi connectivity index (χ4n) is 7.45. The molecule has 2 aliphatic heterocycles. The number of piperidine rings is 1. The minimum Gasteiger partial charge on any atom is -0.496 e. The van der Waals surface area contributed by atoms with Crippen molar-refractivity contribution in [2.45, 2.75) is 70.1 Å². The van der Waals surface area contributed by atoms with Crippen LogP contribution in [0.5, 0.6) is 5.75 Å². The van der Waals surface area contributed by atoms with Crippen LogP contribution in [0.1, 0.15) is 74.2 Å². The number of benzene rings is 2. The van der Waals surface area contributed by atoms with E-state index in [-0.39, 0.29) is 5.91 Å². The number of aryl methyl sites for hydroxylation is 2. The Morgan fingerprint density at radius 1 is 1.04 bits per heavy atom. The molecule has 2 aromatic carbocycles. The number of hydrogen-bond donors (Lipinski definition) is 2. The lowest BCUT2D eigenvalue weighted by atomic mass is 9.92. The summed E-state index contributed by atoms with van der Waals surface area (Å²) in [5.41, 5.74) is 6.39. The Balaban J connectivity index is 1.16. The van der Waals surface area contributed by atoms with E-state index in [4.69, 9.17) is 14.7 Å². The molecule has 3 aromatic rings. The van der Waals surface area contributed by atoms with Gasteiger partial charge in [-0.2, -0.15) is 0 Å². The predicted molar refractivity (Wildman–Crippen MR) is 211 cm³/mol. The van der Waals surface area contributed by atoms with E-state index in [0.29, 0.717) is 18.3 Å². The van der Waals surface area contributed by atoms with E-state index in [0.717, 1.165) is 109 Å². The Kier molecular flexibility index (Phi) is 12.0. The average molecular weight is 711 g/mol. The SMILES string of the molecule is C=CC(=O)Nc1cc(CCCc2ncc(C3CC3)c(Nc3ccccc3P(C)(C)=O)n2)c(OC)cc1N1CCC(/C=C2/CCCN(C)CC2)CC1. The lowest BCUT2D eigenvalue weighted by Crippen LogP contribution is -2.34. The van der Waals surface area contributed by atoms with Gasteiger partial charge in [0.1, 0.15) is 24.5 Å². The van der Waals surface area contributed by atoms with Gasteiger partial charge in [0.15, 0.2) is 0 Å². The molecule has 1 amide bonds. The van der Waals surface area contributed by atoms with Gasteiger partial charge in [-0.1, -0.05) is 30.4 Å². The zero-order chi connectivity index (χ0) is 36.0. The predicted octanol–water partition coefficient (Wildman–Crippen LogP) is 7.91. The number of nitrogens with one attached hydrogen (secondary N) is 2. The van der Waals surface area contributed by atoms with Gasteiger partial charge in [0, 0.05) is 49.2 Å². The molecule has 0 unspecified atom stereocenters. The van der Waals surface area contributed by atoms with Crippen LogP contribution in [0.3, 0.4) is 0 Å². The van der Waals surface area contributed by atoms with Gasteiger partial charge in [0.05, 0.1) is 24.2 Å². The molecule has 1 aliphatic carbocycles. The summed E-state index contributed by atoms with van der Waals surface area (Å²) in [4.78, 5) is 27.2. The molecule has 1 aromatic heterocycles. The van der Waals surface area contributed by atoms with Crippen LogP contribution in [-0.4, -0.2) is 74.4 Å². The van der Waals surface area contributed by atoms with Crippen LogP contribution in [0, 0.1) is 5.92 Å². The highest BCUT2D eigenvalue weighted by molar-refractivity contribution is 7.70. The Morgan fingerprint density at radius 3 is 2.55 bits per heavy atom. The second-order valence-electron chi connectivity index (χ2n) is 14.9. The zero-order valence-electron chi connectivity index (χ0n) is 30.9. The van der Waals surface area contributed by atoms with Crippen molar-refractivity contribution in [1.29, 1.82) is 0 Å². The first-order valence-corrected chi connectivity index (χ1v) is 21.3. The number of carbonyl (C=O) groups excluding carboxylic acids is 1. The van der Waals surface area contributed by atoms with Crippen molar-refractivity contribution < 1.29 is 14.1 Å². The molecular weight excluding hydrogens is 655 g/mol. The van der Waals surface area contributed by atoms with Crippen molar-refractivity contribution in [2.75, 3.05) is 69.2 Å². The number of likely N-dealkylation sites (tertiary alicyclic amines) is 1. The number of methoxy groups -OCH3 is 1. The van der Waals surface area contributed by atoms with E-state index < -0.39 is 7.14 Å². The molecule has 9 nitrogen and oxygen atoms in total. The summed E-state index contributed by atoms with van der Waals surface area (Å²) in [6.45, 7) is 11.5. The van der Waals surface area contributed by atoms with Gasteiger partial charge in [-0.3, -0.25) is 4.79 Å². The third-order valence-corrected chi connectivity index (χ3v) is 12.1. The number of nitrogens with zero attached hydrogens (tertiary/aromatic N) is 4. The molecule has 51 heavy (non-hydrogen) atoms. The highest BCUT2D eigenvalue weighted by Gasteiger charge is 2.29. The summed E-state index contributed by atoms with van der Waals surface area (Å²) in [6, 6.07) is 12.0. The first kappa shape index (κ1) is 36.8. The van der Waals surface area contributed by atoms with E-state index in [1.165, 1.54) is 31.9 Å². The number of amides is 1. The third kappa shape index (κ3) is 9.69. The van der Waals surface area contributed by atoms with Crippen LogP contribution < -0.4 is 25.6 Å².